The van der Waals surface area contributed by atoms with Crippen LogP contribution >= 0.6 is 0 Å². The molecule has 4 rings (SSSR count). The van der Waals surface area contributed by atoms with Crippen LogP contribution in [-0.2, 0) is 11.3 Å². The molecule has 3 heterocycles. The smallest absolute Gasteiger partial charge is 0.335 e. The Bertz CT molecular complexity index is 775. The Morgan fingerprint density at radius 1 is 1.21 bits per heavy atom. The maximum Gasteiger partial charge on any atom is 0.335 e. The summed E-state index contributed by atoms with van der Waals surface area (Å²) in [6, 6.07) is 7.30. The second kappa shape index (κ2) is 7.13. The van der Waals surface area contributed by atoms with Crippen LogP contribution in [0.1, 0.15) is 36.2 Å². The number of β-amino-alcohol motifs (C(OH)–C–C–N with tert-alkyl or cyclic N) is 1. The van der Waals surface area contributed by atoms with Crippen LogP contribution in [-0.4, -0.2) is 87.2 Å². The summed E-state index contributed by atoms with van der Waals surface area (Å²) in [6.07, 6.45) is 0.405. The molecule has 28 heavy (non-hydrogen) atoms. The molecule has 152 valence electrons. The van der Waals surface area contributed by atoms with Crippen molar-refractivity contribution in [3.05, 3.63) is 35.4 Å². The van der Waals surface area contributed by atoms with Crippen LogP contribution in [0.2, 0.25) is 0 Å². The number of carbonyl (C=O) groups excluding carboxylic acids is 1. The van der Waals surface area contributed by atoms with Crippen LogP contribution in [0.3, 0.4) is 0 Å². The normalized spacial score (nSPS) is 27.1. The number of carboxylic acids is 1. The van der Waals surface area contributed by atoms with E-state index in [2.05, 4.69) is 9.80 Å². The molecule has 0 aliphatic carbocycles. The minimum Gasteiger partial charge on any atom is -0.478 e. The van der Waals surface area contributed by atoms with Crippen molar-refractivity contribution in [2.45, 2.75) is 44.5 Å². The van der Waals surface area contributed by atoms with Crippen LogP contribution in [0.4, 0.5) is 0 Å². The molecule has 1 amide bonds. The molecule has 3 fully saturated rings. The fraction of sp³-hybridized carbons (Fsp3) is 0.619. The molecule has 1 aromatic rings. The predicted octanol–water partition coefficient (Wildman–Crippen LogP) is 0.873. The number of hydrogen-bond donors (Lipinski definition) is 2. The van der Waals surface area contributed by atoms with Gasteiger partial charge in [-0.25, -0.2) is 4.79 Å². The van der Waals surface area contributed by atoms with Crippen molar-refractivity contribution < 1.29 is 19.8 Å². The van der Waals surface area contributed by atoms with Crippen LogP contribution < -0.4 is 0 Å². The standard InChI is InChI=1S/C21H29N3O4/c1-14(2)19(26)23-9-17-7-18(25)10-24(17)21(13-23)11-22(12-21)8-15-4-3-5-16(6-15)20(27)28/h3-6,14,17-18,25H,7-13H2,1-2H3,(H,27,28)/t17-,18-/m1/s1. The SMILES string of the molecule is CC(C)C(=O)N1C[C@H]2C[C@@H](O)CN2C2(CN(Cc3cccc(C(=O)O)c3)C2)C1. The molecule has 0 radical (unpaired) electrons. The topological polar surface area (TPSA) is 84.3 Å². The number of piperazine rings is 1. The summed E-state index contributed by atoms with van der Waals surface area (Å²) in [5.41, 5.74) is 1.19. The number of benzene rings is 1. The maximum atomic E-state index is 12.6. The van der Waals surface area contributed by atoms with E-state index in [1.807, 2.05) is 24.8 Å². The van der Waals surface area contributed by atoms with Crippen LogP contribution in [0.25, 0.3) is 0 Å². The van der Waals surface area contributed by atoms with E-state index in [9.17, 15) is 19.8 Å². The van der Waals surface area contributed by atoms with Crippen LogP contribution in [0.5, 0.6) is 0 Å². The highest BCUT2D eigenvalue weighted by molar-refractivity contribution is 5.87. The van der Waals surface area contributed by atoms with Gasteiger partial charge in [-0.3, -0.25) is 14.6 Å². The number of amides is 1. The number of hydrogen-bond acceptors (Lipinski definition) is 5. The zero-order valence-electron chi connectivity index (χ0n) is 16.5. The molecule has 0 bridgehead atoms. The molecule has 3 aliphatic rings. The van der Waals surface area contributed by atoms with Crippen LogP contribution in [0.15, 0.2) is 24.3 Å². The van der Waals surface area contributed by atoms with Gasteiger partial charge in [-0.1, -0.05) is 26.0 Å². The van der Waals surface area contributed by atoms with E-state index in [0.717, 1.165) is 25.1 Å². The fourth-order valence-corrected chi connectivity index (χ4v) is 5.18. The number of aliphatic hydroxyl groups is 1. The fourth-order valence-electron chi connectivity index (χ4n) is 5.18. The lowest BCUT2D eigenvalue weighted by molar-refractivity contribution is -0.153. The summed E-state index contributed by atoms with van der Waals surface area (Å²) in [5, 5.41) is 19.4. The van der Waals surface area contributed by atoms with Gasteiger partial charge in [-0.2, -0.15) is 0 Å². The Morgan fingerprint density at radius 3 is 2.64 bits per heavy atom. The molecule has 0 aromatic heterocycles. The van der Waals surface area contributed by atoms with Crippen molar-refractivity contribution in [1.29, 1.82) is 0 Å². The largest absolute Gasteiger partial charge is 0.478 e. The summed E-state index contributed by atoms with van der Waals surface area (Å²) in [6.45, 7) is 8.32. The number of nitrogens with zero attached hydrogens (tertiary/aromatic N) is 3. The van der Waals surface area contributed by atoms with Crippen molar-refractivity contribution in [2.24, 2.45) is 5.92 Å². The molecule has 0 saturated carbocycles. The van der Waals surface area contributed by atoms with Gasteiger partial charge in [0.25, 0.3) is 0 Å². The van der Waals surface area contributed by atoms with E-state index in [0.29, 0.717) is 31.7 Å². The summed E-state index contributed by atoms with van der Waals surface area (Å²) in [4.78, 5) is 30.6. The van der Waals surface area contributed by atoms with Gasteiger partial charge in [0, 0.05) is 51.2 Å². The van der Waals surface area contributed by atoms with Crippen molar-refractivity contribution in [2.75, 3.05) is 32.7 Å². The second-order valence-electron chi connectivity index (χ2n) is 8.94. The summed E-state index contributed by atoms with van der Waals surface area (Å²) >= 11 is 0. The lowest BCUT2D eigenvalue weighted by atomic mass is 9.83. The molecule has 7 heteroatoms. The Balaban J connectivity index is 1.47. The van der Waals surface area contributed by atoms with E-state index in [-0.39, 0.29) is 29.5 Å². The van der Waals surface area contributed by atoms with Crippen molar-refractivity contribution in [1.82, 2.24) is 14.7 Å². The van der Waals surface area contributed by atoms with Gasteiger partial charge in [0.15, 0.2) is 0 Å². The van der Waals surface area contributed by atoms with E-state index >= 15 is 0 Å². The van der Waals surface area contributed by atoms with E-state index in [4.69, 9.17) is 0 Å². The maximum absolute atomic E-state index is 12.6. The first-order chi connectivity index (χ1) is 13.3. The summed E-state index contributed by atoms with van der Waals surface area (Å²) < 4.78 is 0. The first kappa shape index (κ1) is 19.4. The number of carboxylic acid groups (broad SMARTS) is 1. The monoisotopic (exact) mass is 387 g/mol. The van der Waals surface area contributed by atoms with Gasteiger partial charge < -0.3 is 15.1 Å². The number of likely N-dealkylation sites (tertiary alicyclic amines) is 1. The second-order valence-corrected chi connectivity index (χ2v) is 8.94. The quantitative estimate of drug-likeness (QED) is 0.798. The first-order valence-electron chi connectivity index (χ1n) is 10.1. The highest BCUT2D eigenvalue weighted by Gasteiger charge is 2.56. The molecular weight excluding hydrogens is 358 g/mol. The third-order valence-corrected chi connectivity index (χ3v) is 6.34. The van der Waals surface area contributed by atoms with Crippen molar-refractivity contribution in [3.63, 3.8) is 0 Å². The molecule has 2 atom stereocenters. The highest BCUT2D eigenvalue weighted by atomic mass is 16.4. The van der Waals surface area contributed by atoms with Crippen LogP contribution in [0, 0.1) is 5.92 Å². The molecule has 1 aromatic carbocycles. The van der Waals surface area contributed by atoms with Gasteiger partial charge in [-0.05, 0) is 24.1 Å². The Morgan fingerprint density at radius 2 is 1.96 bits per heavy atom. The van der Waals surface area contributed by atoms with Gasteiger partial charge in [0.1, 0.15) is 0 Å². The average Bonchev–Trinajstić information content (AvgIpc) is 3.00. The third kappa shape index (κ3) is 3.43. The summed E-state index contributed by atoms with van der Waals surface area (Å²) in [7, 11) is 0. The van der Waals surface area contributed by atoms with Crippen molar-refractivity contribution >= 4 is 11.9 Å². The first-order valence-corrected chi connectivity index (χ1v) is 10.1. The zero-order chi connectivity index (χ0) is 20.1. The minimum atomic E-state index is -0.911. The number of aromatic carboxylic acids is 1. The van der Waals surface area contributed by atoms with E-state index in [1.165, 1.54) is 0 Å². The zero-order valence-corrected chi connectivity index (χ0v) is 16.5. The molecule has 7 nitrogen and oxygen atoms in total. The van der Waals surface area contributed by atoms with Gasteiger partial charge in [0.05, 0.1) is 17.2 Å². The average molecular weight is 387 g/mol. The predicted molar refractivity (Wildman–Crippen MR) is 104 cm³/mol. The van der Waals surface area contributed by atoms with E-state index < -0.39 is 5.97 Å². The molecule has 0 unspecified atom stereocenters. The lowest BCUT2D eigenvalue weighted by Crippen LogP contribution is -2.78. The number of aliphatic hydroxyl groups excluding tert-OH is 1. The highest BCUT2D eigenvalue weighted by Crippen LogP contribution is 2.39. The van der Waals surface area contributed by atoms with Gasteiger partial charge in [-0.15, -0.1) is 0 Å². The molecule has 2 N–H and O–H groups in total. The number of rotatable bonds is 4. The molecule has 3 aliphatic heterocycles. The number of fused-ring (bicyclic) bond motifs is 2. The van der Waals surface area contributed by atoms with Gasteiger partial charge in [0.2, 0.25) is 5.91 Å². The van der Waals surface area contributed by atoms with E-state index in [1.54, 1.807) is 18.2 Å². The minimum absolute atomic E-state index is 0.0233. The summed E-state index contributed by atoms with van der Waals surface area (Å²) in [5.74, 6) is -0.746. The third-order valence-electron chi connectivity index (χ3n) is 6.34. The van der Waals surface area contributed by atoms with Crippen molar-refractivity contribution in [3.8, 4) is 0 Å². The molecular formula is C21H29N3O4. The number of carbonyl (C=O) groups is 2. The lowest BCUT2D eigenvalue weighted by Gasteiger charge is -2.61. The Hall–Kier alpha value is -1.96. The van der Waals surface area contributed by atoms with Gasteiger partial charge >= 0.3 is 5.97 Å². The molecule has 3 saturated heterocycles. The Kier molecular flexibility index (Phi) is 4.93. The Labute approximate surface area is 165 Å². The molecule has 1 spiro atoms.